The number of carbonyl (C=O) groups excluding carboxylic acids is 3. The number of non-ortho nitro benzene ring substituents is 1. The maximum atomic E-state index is 12.6. The van der Waals surface area contributed by atoms with Crippen LogP contribution in [0.2, 0.25) is 0 Å². The molecule has 1 aliphatic rings. The summed E-state index contributed by atoms with van der Waals surface area (Å²) in [5.41, 5.74) is 5.16. The van der Waals surface area contributed by atoms with Crippen molar-refractivity contribution >= 4 is 46.1 Å². The van der Waals surface area contributed by atoms with Crippen LogP contribution in [0.3, 0.4) is 0 Å². The van der Waals surface area contributed by atoms with E-state index in [0.29, 0.717) is 22.3 Å². The number of hydrazine groups is 1. The molecule has 4 rings (SSSR count). The lowest BCUT2D eigenvalue weighted by Gasteiger charge is -2.24. The number of aromatic nitrogens is 1. The lowest BCUT2D eigenvalue weighted by molar-refractivity contribution is -0.384. The smallest absolute Gasteiger partial charge is 0.340 e. The maximum absolute atomic E-state index is 12.6. The van der Waals surface area contributed by atoms with Crippen LogP contribution in [-0.2, 0) is 21.4 Å². The van der Waals surface area contributed by atoms with Crippen LogP contribution in [0.15, 0.2) is 42.5 Å². The Kier molecular flexibility index (Phi) is 7.15. The van der Waals surface area contributed by atoms with E-state index < -0.39 is 22.2 Å². The number of hydrogen-bond acceptors (Lipinski definition) is 8. The number of nitrogens with one attached hydrogen (secondary N) is 1. The van der Waals surface area contributed by atoms with E-state index in [2.05, 4.69) is 5.43 Å². The number of nitro benzene ring substituents is 1. The third-order valence-electron chi connectivity index (χ3n) is 5.82. The second-order valence-corrected chi connectivity index (χ2v) is 9.09. The SMILES string of the molecule is CCOC(=O)c1c(C)n(C)c2ccc(OCC(=O)NN3C(=O)CS[C@@H]3c3ccc([N+](=O)[O-])cc3)cc12. The van der Waals surface area contributed by atoms with E-state index in [-0.39, 0.29) is 30.6 Å². The molecule has 11 nitrogen and oxygen atoms in total. The van der Waals surface area contributed by atoms with Crippen molar-refractivity contribution in [1.29, 1.82) is 0 Å². The number of hydrogen-bond donors (Lipinski definition) is 1. The average molecular weight is 513 g/mol. The number of fused-ring (bicyclic) bond motifs is 1. The van der Waals surface area contributed by atoms with Gasteiger partial charge in [-0.05, 0) is 49.7 Å². The number of amides is 2. The van der Waals surface area contributed by atoms with Gasteiger partial charge in [0, 0.05) is 35.8 Å². The van der Waals surface area contributed by atoms with Crippen molar-refractivity contribution < 1.29 is 28.8 Å². The molecule has 0 aliphatic carbocycles. The van der Waals surface area contributed by atoms with Crippen LogP contribution in [0.5, 0.6) is 5.75 Å². The molecule has 1 saturated heterocycles. The van der Waals surface area contributed by atoms with Crippen molar-refractivity contribution in [3.8, 4) is 5.75 Å². The minimum Gasteiger partial charge on any atom is -0.484 e. The second-order valence-electron chi connectivity index (χ2n) is 8.02. The Hall–Kier alpha value is -4.06. The number of ether oxygens (including phenoxy) is 2. The van der Waals surface area contributed by atoms with Crippen LogP contribution in [0.25, 0.3) is 10.9 Å². The number of thioether (sulfide) groups is 1. The molecule has 2 heterocycles. The molecule has 0 radical (unpaired) electrons. The van der Waals surface area contributed by atoms with Crippen molar-refractivity contribution in [3.63, 3.8) is 0 Å². The molecule has 0 bridgehead atoms. The Morgan fingerprint density at radius 2 is 1.94 bits per heavy atom. The van der Waals surface area contributed by atoms with Crippen LogP contribution in [0, 0.1) is 17.0 Å². The van der Waals surface area contributed by atoms with E-state index in [4.69, 9.17) is 9.47 Å². The van der Waals surface area contributed by atoms with Gasteiger partial charge < -0.3 is 14.0 Å². The van der Waals surface area contributed by atoms with Crippen LogP contribution in [-0.4, -0.2) is 51.2 Å². The minimum atomic E-state index is -0.548. The highest BCUT2D eigenvalue weighted by molar-refractivity contribution is 8.00. The van der Waals surface area contributed by atoms with Crippen molar-refractivity contribution in [2.45, 2.75) is 19.2 Å². The predicted octanol–water partition coefficient (Wildman–Crippen LogP) is 3.26. The first kappa shape index (κ1) is 25.0. The third-order valence-corrected chi connectivity index (χ3v) is 7.03. The Balaban J connectivity index is 1.45. The number of nitro groups is 1. The molecule has 188 valence electrons. The molecular weight excluding hydrogens is 488 g/mol. The van der Waals surface area contributed by atoms with Gasteiger partial charge in [0.15, 0.2) is 6.61 Å². The molecule has 0 saturated carbocycles. The average Bonchev–Trinajstić information content (AvgIpc) is 3.34. The van der Waals surface area contributed by atoms with Crippen LogP contribution in [0.1, 0.15) is 33.9 Å². The van der Waals surface area contributed by atoms with Gasteiger partial charge in [0.2, 0.25) is 0 Å². The second kappa shape index (κ2) is 10.3. The molecule has 1 N–H and O–H groups in total. The maximum Gasteiger partial charge on any atom is 0.340 e. The number of nitrogens with zero attached hydrogens (tertiary/aromatic N) is 3. The molecule has 2 amide bonds. The fourth-order valence-corrected chi connectivity index (χ4v) is 5.08. The van der Waals surface area contributed by atoms with Crippen molar-refractivity contribution in [2.24, 2.45) is 7.05 Å². The lowest BCUT2D eigenvalue weighted by Crippen LogP contribution is -2.46. The number of esters is 1. The van der Waals surface area contributed by atoms with Gasteiger partial charge in [-0.25, -0.2) is 9.80 Å². The molecule has 1 fully saturated rings. The molecule has 1 aliphatic heterocycles. The van der Waals surface area contributed by atoms with E-state index >= 15 is 0 Å². The monoisotopic (exact) mass is 512 g/mol. The zero-order valence-electron chi connectivity index (χ0n) is 19.8. The first-order chi connectivity index (χ1) is 17.2. The summed E-state index contributed by atoms with van der Waals surface area (Å²) in [6, 6.07) is 11.0. The van der Waals surface area contributed by atoms with Crippen LogP contribution >= 0.6 is 11.8 Å². The van der Waals surface area contributed by atoms with Gasteiger partial charge in [-0.15, -0.1) is 11.8 Å². The highest BCUT2D eigenvalue weighted by atomic mass is 32.2. The Morgan fingerprint density at radius 3 is 2.61 bits per heavy atom. The molecule has 36 heavy (non-hydrogen) atoms. The van der Waals surface area contributed by atoms with Crippen LogP contribution < -0.4 is 10.2 Å². The highest BCUT2D eigenvalue weighted by Crippen LogP contribution is 2.37. The molecule has 0 unspecified atom stereocenters. The van der Waals surface area contributed by atoms with E-state index in [1.54, 1.807) is 37.3 Å². The summed E-state index contributed by atoms with van der Waals surface area (Å²) in [5.74, 6) is -0.742. The molecule has 12 heteroatoms. The summed E-state index contributed by atoms with van der Waals surface area (Å²) in [6.07, 6.45) is 0. The normalized spacial score (nSPS) is 15.2. The van der Waals surface area contributed by atoms with E-state index in [1.807, 2.05) is 18.5 Å². The molecule has 1 aromatic heterocycles. The van der Waals surface area contributed by atoms with Gasteiger partial charge in [0.05, 0.1) is 22.8 Å². The summed E-state index contributed by atoms with van der Waals surface area (Å²) < 4.78 is 12.7. The quantitative estimate of drug-likeness (QED) is 0.276. The van der Waals surface area contributed by atoms with E-state index in [1.165, 1.54) is 28.9 Å². The zero-order valence-corrected chi connectivity index (χ0v) is 20.7. The van der Waals surface area contributed by atoms with Gasteiger partial charge >= 0.3 is 5.97 Å². The number of carbonyl (C=O) groups is 3. The van der Waals surface area contributed by atoms with Crippen molar-refractivity contribution in [3.05, 3.63) is 69.4 Å². The summed E-state index contributed by atoms with van der Waals surface area (Å²) >= 11 is 1.30. The summed E-state index contributed by atoms with van der Waals surface area (Å²) in [6.45, 7) is 3.45. The third kappa shape index (κ3) is 4.85. The van der Waals surface area contributed by atoms with Gasteiger partial charge in [-0.3, -0.25) is 25.1 Å². The summed E-state index contributed by atoms with van der Waals surface area (Å²) in [4.78, 5) is 47.9. The van der Waals surface area contributed by atoms with Crippen molar-refractivity contribution in [2.75, 3.05) is 19.0 Å². The minimum absolute atomic E-state index is 0.0613. The van der Waals surface area contributed by atoms with Gasteiger partial charge in [0.25, 0.3) is 17.5 Å². The largest absolute Gasteiger partial charge is 0.484 e. The van der Waals surface area contributed by atoms with E-state index in [0.717, 1.165) is 11.2 Å². The molecule has 3 aromatic rings. The predicted molar refractivity (Wildman–Crippen MR) is 132 cm³/mol. The topological polar surface area (TPSA) is 133 Å². The lowest BCUT2D eigenvalue weighted by atomic mass is 10.1. The Labute approximate surface area is 210 Å². The Morgan fingerprint density at radius 1 is 1.22 bits per heavy atom. The van der Waals surface area contributed by atoms with Gasteiger partial charge in [-0.2, -0.15) is 0 Å². The number of rotatable bonds is 8. The first-order valence-electron chi connectivity index (χ1n) is 11.1. The van der Waals surface area contributed by atoms with Crippen LogP contribution in [0.4, 0.5) is 5.69 Å². The van der Waals surface area contributed by atoms with Gasteiger partial charge in [0.1, 0.15) is 11.1 Å². The van der Waals surface area contributed by atoms with Crippen molar-refractivity contribution in [1.82, 2.24) is 15.0 Å². The first-order valence-corrected chi connectivity index (χ1v) is 12.1. The number of benzene rings is 2. The van der Waals surface area contributed by atoms with E-state index in [9.17, 15) is 24.5 Å². The fourth-order valence-electron chi connectivity index (χ4n) is 3.97. The Bertz CT molecular complexity index is 1350. The molecular formula is C24H24N4O7S. The standard InChI is InChI=1S/C24H24N4O7S/c1-4-34-24(31)22-14(2)26(3)19-10-9-17(11-18(19)22)35-12-20(29)25-27-21(30)13-36-23(27)15-5-7-16(8-6-15)28(32)33/h5-11,23H,4,12-13H2,1-3H3,(H,25,29)/t23-/m1/s1. The number of aryl methyl sites for hydroxylation is 1. The zero-order chi connectivity index (χ0) is 26.0. The molecule has 2 aromatic carbocycles. The highest BCUT2D eigenvalue weighted by Gasteiger charge is 2.34. The molecule has 0 spiro atoms. The van der Waals surface area contributed by atoms with Gasteiger partial charge in [-0.1, -0.05) is 0 Å². The fraction of sp³-hybridized carbons (Fsp3) is 0.292. The summed E-state index contributed by atoms with van der Waals surface area (Å²) in [7, 11) is 1.85. The summed E-state index contributed by atoms with van der Waals surface area (Å²) in [5, 5.41) is 12.2. The molecule has 1 atom stereocenters.